The van der Waals surface area contributed by atoms with Crippen LogP contribution < -0.4 is 5.48 Å². The number of hydrogen-bond acceptors (Lipinski definition) is 3. The monoisotopic (exact) mass is 303 g/mol. The van der Waals surface area contributed by atoms with Gasteiger partial charge in [-0.3, -0.25) is 9.63 Å². The van der Waals surface area contributed by atoms with Crippen LogP contribution in [0.4, 0.5) is 13.2 Å². The standard InChI is InChI=1S/C14H16F3NO3/c1-20-18-12(19)13(6-7-21-9-13)8-10-2-4-11(5-3-10)14(15,16)17/h2-5H,6-9H2,1H3,(H,18,19)/t13-/m0/s1. The second-order valence-electron chi connectivity index (χ2n) is 5.09. The lowest BCUT2D eigenvalue weighted by Crippen LogP contribution is -2.42. The van der Waals surface area contributed by atoms with Crippen molar-refractivity contribution in [2.75, 3.05) is 20.3 Å². The van der Waals surface area contributed by atoms with E-state index in [9.17, 15) is 18.0 Å². The van der Waals surface area contributed by atoms with Crippen LogP contribution in [-0.4, -0.2) is 26.2 Å². The molecule has 0 aliphatic carbocycles. The zero-order valence-corrected chi connectivity index (χ0v) is 11.5. The molecule has 1 aromatic carbocycles. The Balaban J connectivity index is 2.16. The molecule has 0 spiro atoms. The van der Waals surface area contributed by atoms with Gasteiger partial charge in [0, 0.05) is 6.61 Å². The van der Waals surface area contributed by atoms with Crippen molar-refractivity contribution in [2.45, 2.75) is 19.0 Å². The molecule has 4 nitrogen and oxygen atoms in total. The predicted molar refractivity (Wildman–Crippen MR) is 68.2 cm³/mol. The first-order valence-corrected chi connectivity index (χ1v) is 6.45. The number of hydroxylamine groups is 1. The molecule has 0 bridgehead atoms. The van der Waals surface area contributed by atoms with Gasteiger partial charge in [0.15, 0.2) is 0 Å². The van der Waals surface area contributed by atoms with Gasteiger partial charge in [-0.05, 0) is 30.5 Å². The topological polar surface area (TPSA) is 47.6 Å². The molecule has 0 radical (unpaired) electrons. The molecule has 0 unspecified atom stereocenters. The zero-order valence-electron chi connectivity index (χ0n) is 11.5. The minimum atomic E-state index is -4.36. The third-order valence-electron chi connectivity index (χ3n) is 3.60. The van der Waals surface area contributed by atoms with Gasteiger partial charge in [-0.25, -0.2) is 5.48 Å². The summed E-state index contributed by atoms with van der Waals surface area (Å²) >= 11 is 0. The highest BCUT2D eigenvalue weighted by Gasteiger charge is 2.42. The Morgan fingerprint density at radius 3 is 2.52 bits per heavy atom. The number of rotatable bonds is 4. The molecular formula is C14H16F3NO3. The van der Waals surface area contributed by atoms with Crippen molar-refractivity contribution >= 4 is 5.91 Å². The average Bonchev–Trinajstić information content (AvgIpc) is 2.88. The molecule has 7 heteroatoms. The predicted octanol–water partition coefficient (Wildman–Crippen LogP) is 2.33. The smallest absolute Gasteiger partial charge is 0.380 e. The van der Waals surface area contributed by atoms with E-state index in [1.54, 1.807) is 0 Å². The number of ether oxygens (including phenoxy) is 1. The normalized spacial score (nSPS) is 22.3. The molecule has 2 rings (SSSR count). The van der Waals surface area contributed by atoms with Crippen molar-refractivity contribution in [3.8, 4) is 0 Å². The third-order valence-corrected chi connectivity index (χ3v) is 3.60. The van der Waals surface area contributed by atoms with Gasteiger partial charge in [-0.2, -0.15) is 13.2 Å². The van der Waals surface area contributed by atoms with Gasteiger partial charge in [0.1, 0.15) is 0 Å². The number of amides is 1. The molecule has 1 amide bonds. The number of alkyl halides is 3. The largest absolute Gasteiger partial charge is 0.416 e. The highest BCUT2D eigenvalue weighted by atomic mass is 19.4. The summed E-state index contributed by atoms with van der Waals surface area (Å²) < 4.78 is 42.9. The lowest BCUT2D eigenvalue weighted by molar-refractivity contribution is -0.142. The molecule has 0 saturated carbocycles. The molecule has 1 saturated heterocycles. The fourth-order valence-electron chi connectivity index (χ4n) is 2.41. The SMILES string of the molecule is CONC(=O)[C@]1(Cc2ccc(C(F)(F)F)cc2)CCOC1. The molecule has 1 fully saturated rings. The van der Waals surface area contributed by atoms with E-state index in [0.29, 0.717) is 25.0 Å². The summed E-state index contributed by atoms with van der Waals surface area (Å²) in [5.74, 6) is -0.317. The molecule has 1 N–H and O–H groups in total. The van der Waals surface area contributed by atoms with E-state index in [0.717, 1.165) is 12.1 Å². The van der Waals surface area contributed by atoms with Crippen LogP contribution in [-0.2, 0) is 27.0 Å². The fraction of sp³-hybridized carbons (Fsp3) is 0.500. The van der Waals surface area contributed by atoms with Gasteiger partial charge in [0.25, 0.3) is 5.91 Å². The van der Waals surface area contributed by atoms with Crippen LogP contribution in [0.1, 0.15) is 17.5 Å². The van der Waals surface area contributed by atoms with Gasteiger partial charge < -0.3 is 4.74 Å². The molecule has 1 heterocycles. The highest BCUT2D eigenvalue weighted by molar-refractivity contribution is 5.82. The minimum Gasteiger partial charge on any atom is -0.380 e. The number of benzene rings is 1. The average molecular weight is 303 g/mol. The molecule has 1 atom stereocenters. The van der Waals surface area contributed by atoms with Gasteiger partial charge in [-0.15, -0.1) is 0 Å². The van der Waals surface area contributed by atoms with Crippen molar-refractivity contribution in [1.82, 2.24) is 5.48 Å². The van der Waals surface area contributed by atoms with Crippen LogP contribution in [0.3, 0.4) is 0 Å². The molecule has 0 aromatic heterocycles. The van der Waals surface area contributed by atoms with E-state index >= 15 is 0 Å². The minimum absolute atomic E-state index is 0.225. The van der Waals surface area contributed by atoms with E-state index in [2.05, 4.69) is 10.3 Å². The quantitative estimate of drug-likeness (QED) is 0.869. The van der Waals surface area contributed by atoms with Crippen molar-refractivity contribution in [3.05, 3.63) is 35.4 Å². The first-order chi connectivity index (χ1) is 9.87. The maximum absolute atomic E-state index is 12.5. The highest BCUT2D eigenvalue weighted by Crippen LogP contribution is 2.34. The van der Waals surface area contributed by atoms with Gasteiger partial charge >= 0.3 is 6.18 Å². The summed E-state index contributed by atoms with van der Waals surface area (Å²) in [7, 11) is 1.33. The molecule has 116 valence electrons. The van der Waals surface area contributed by atoms with E-state index in [-0.39, 0.29) is 12.5 Å². The Hall–Kier alpha value is -1.60. The second kappa shape index (κ2) is 6.03. The first-order valence-electron chi connectivity index (χ1n) is 6.45. The molecule has 1 aliphatic heterocycles. The summed E-state index contributed by atoms with van der Waals surface area (Å²) in [6.07, 6.45) is -3.55. The van der Waals surface area contributed by atoms with Crippen LogP contribution in [0.25, 0.3) is 0 Å². The van der Waals surface area contributed by atoms with E-state index in [4.69, 9.17) is 4.74 Å². The van der Waals surface area contributed by atoms with Crippen LogP contribution in [0.15, 0.2) is 24.3 Å². The number of carbonyl (C=O) groups excluding carboxylic acids is 1. The second-order valence-corrected chi connectivity index (χ2v) is 5.09. The Labute approximate surface area is 120 Å². The number of hydrogen-bond donors (Lipinski definition) is 1. The lowest BCUT2D eigenvalue weighted by atomic mass is 9.80. The lowest BCUT2D eigenvalue weighted by Gasteiger charge is -2.25. The summed E-state index contributed by atoms with van der Waals surface area (Å²) in [6, 6.07) is 4.83. The van der Waals surface area contributed by atoms with Crippen molar-refractivity contribution in [3.63, 3.8) is 0 Å². The molecular weight excluding hydrogens is 287 g/mol. The number of nitrogens with one attached hydrogen (secondary N) is 1. The van der Waals surface area contributed by atoms with E-state index < -0.39 is 17.2 Å². The Kier molecular flexibility index (Phi) is 4.53. The summed E-state index contributed by atoms with van der Waals surface area (Å²) in [4.78, 5) is 16.7. The first kappa shape index (κ1) is 15.8. The van der Waals surface area contributed by atoms with Crippen molar-refractivity contribution < 1.29 is 27.5 Å². The summed E-state index contributed by atoms with van der Waals surface area (Å²) in [5.41, 5.74) is 1.44. The van der Waals surface area contributed by atoms with E-state index in [1.165, 1.54) is 19.2 Å². The van der Waals surface area contributed by atoms with Crippen LogP contribution in [0.2, 0.25) is 0 Å². The number of carbonyl (C=O) groups is 1. The van der Waals surface area contributed by atoms with Crippen molar-refractivity contribution in [1.29, 1.82) is 0 Å². The van der Waals surface area contributed by atoms with Gasteiger partial charge in [0.2, 0.25) is 0 Å². The fourth-order valence-corrected chi connectivity index (χ4v) is 2.41. The zero-order chi connectivity index (χ0) is 15.5. The maximum Gasteiger partial charge on any atom is 0.416 e. The van der Waals surface area contributed by atoms with Crippen LogP contribution >= 0.6 is 0 Å². The number of halogens is 3. The Morgan fingerprint density at radius 1 is 1.38 bits per heavy atom. The Bertz CT molecular complexity index is 493. The van der Waals surface area contributed by atoms with Crippen molar-refractivity contribution in [2.24, 2.45) is 5.41 Å². The van der Waals surface area contributed by atoms with Gasteiger partial charge in [-0.1, -0.05) is 12.1 Å². The molecule has 21 heavy (non-hydrogen) atoms. The molecule has 1 aromatic rings. The van der Waals surface area contributed by atoms with E-state index in [1.807, 2.05) is 0 Å². The van der Waals surface area contributed by atoms with Gasteiger partial charge in [0.05, 0.1) is 24.7 Å². The maximum atomic E-state index is 12.5. The molecule has 1 aliphatic rings. The Morgan fingerprint density at radius 2 is 2.05 bits per heavy atom. The third kappa shape index (κ3) is 3.54. The van der Waals surface area contributed by atoms with Crippen LogP contribution in [0, 0.1) is 5.41 Å². The van der Waals surface area contributed by atoms with Crippen LogP contribution in [0.5, 0.6) is 0 Å². The summed E-state index contributed by atoms with van der Waals surface area (Å²) in [6.45, 7) is 0.668. The summed E-state index contributed by atoms with van der Waals surface area (Å²) in [5, 5.41) is 0.